The summed E-state index contributed by atoms with van der Waals surface area (Å²) in [6.45, 7) is 0. The summed E-state index contributed by atoms with van der Waals surface area (Å²) in [7, 11) is 0. The van der Waals surface area contributed by atoms with Crippen LogP contribution in [-0.2, 0) is 0 Å². The second-order valence-electron chi connectivity index (χ2n) is 14.9. The average Bonchev–Trinajstić information content (AvgIpc) is 3.93. The van der Waals surface area contributed by atoms with Gasteiger partial charge in [-0.05, 0) is 94.0 Å². The number of rotatable bonds is 5. The number of nitrogens with zero attached hydrogens (tertiary/aromatic N) is 2. The van der Waals surface area contributed by atoms with Crippen molar-refractivity contribution in [2.45, 2.75) is 0 Å². The lowest BCUT2D eigenvalue weighted by Crippen LogP contribution is -1.94. The molecule has 0 atom stereocenters. The number of fused-ring (bicyclic) bond motifs is 9. The molecule has 0 aliphatic heterocycles. The van der Waals surface area contributed by atoms with E-state index in [0.29, 0.717) is 0 Å². The van der Waals surface area contributed by atoms with Crippen LogP contribution in [0.1, 0.15) is 0 Å². The van der Waals surface area contributed by atoms with Gasteiger partial charge in [0.2, 0.25) is 0 Å². The molecule has 266 valence electrons. The number of thiophene rings is 1. The Morgan fingerprint density at radius 3 is 1.23 bits per heavy atom. The highest BCUT2D eigenvalue weighted by molar-refractivity contribution is 7.25. The summed E-state index contributed by atoms with van der Waals surface area (Å²) in [5.41, 5.74) is 14.4. The van der Waals surface area contributed by atoms with Gasteiger partial charge in [0.15, 0.2) is 0 Å². The fourth-order valence-electron chi connectivity index (χ4n) is 9.00. The number of para-hydroxylation sites is 3. The monoisotopic (exact) mass is 742 g/mol. The molecule has 0 aliphatic rings. The Kier molecular flexibility index (Phi) is 7.13. The molecule has 12 rings (SSSR count). The van der Waals surface area contributed by atoms with Crippen LogP contribution in [0.5, 0.6) is 0 Å². The second-order valence-corrected chi connectivity index (χ2v) is 16.0. The Hall–Kier alpha value is -7.20. The van der Waals surface area contributed by atoms with E-state index in [4.69, 9.17) is 0 Å². The summed E-state index contributed by atoms with van der Waals surface area (Å²) >= 11 is 1.87. The van der Waals surface area contributed by atoms with E-state index in [1.807, 2.05) is 11.3 Å². The molecule has 3 heterocycles. The molecule has 0 radical (unpaired) electrons. The maximum atomic E-state index is 2.42. The van der Waals surface area contributed by atoms with Gasteiger partial charge in [-0.1, -0.05) is 146 Å². The van der Waals surface area contributed by atoms with Gasteiger partial charge in [-0.15, -0.1) is 11.3 Å². The molecule has 0 unspecified atom stereocenters. The Labute approximate surface area is 333 Å². The molecule has 0 saturated carbocycles. The van der Waals surface area contributed by atoms with E-state index < -0.39 is 0 Å². The predicted octanol–water partition coefficient (Wildman–Crippen LogP) is 15.2. The highest BCUT2D eigenvalue weighted by atomic mass is 32.1. The van der Waals surface area contributed by atoms with Crippen LogP contribution in [0, 0.1) is 0 Å². The van der Waals surface area contributed by atoms with Crippen LogP contribution in [-0.4, -0.2) is 9.13 Å². The molecule has 0 spiro atoms. The van der Waals surface area contributed by atoms with Gasteiger partial charge in [-0.3, -0.25) is 0 Å². The van der Waals surface area contributed by atoms with E-state index in [1.54, 1.807) is 0 Å². The number of aromatic nitrogens is 2. The van der Waals surface area contributed by atoms with Crippen molar-refractivity contribution in [1.82, 2.24) is 9.13 Å². The van der Waals surface area contributed by atoms with E-state index >= 15 is 0 Å². The molecule has 3 aromatic heterocycles. The highest BCUT2D eigenvalue weighted by Crippen LogP contribution is 2.40. The van der Waals surface area contributed by atoms with Crippen LogP contribution < -0.4 is 0 Å². The van der Waals surface area contributed by atoms with E-state index in [2.05, 4.69) is 215 Å². The molecule has 0 saturated heterocycles. The fourth-order valence-corrected chi connectivity index (χ4v) is 10.1. The minimum absolute atomic E-state index is 1.15. The SMILES string of the molecule is c1ccc(-n2c3ccccc3c3ccc(-c4ccc5c6ccccc6n(-c6ccc(-c7ccc(-c8ccc9c(c8)sc8ccccc89)cc7)cc6)c5c4)cc32)cc1. The summed E-state index contributed by atoms with van der Waals surface area (Å²) in [6.07, 6.45) is 0. The Morgan fingerprint density at radius 1 is 0.246 bits per heavy atom. The van der Waals surface area contributed by atoms with Crippen LogP contribution >= 0.6 is 11.3 Å². The van der Waals surface area contributed by atoms with Crippen molar-refractivity contribution >= 4 is 75.1 Å². The molecule has 12 aromatic rings. The molecular weight excluding hydrogens is 709 g/mol. The third kappa shape index (κ3) is 5.10. The maximum Gasteiger partial charge on any atom is 0.0547 e. The van der Waals surface area contributed by atoms with Crippen LogP contribution in [0.25, 0.3) is 109 Å². The lowest BCUT2D eigenvalue weighted by molar-refractivity contribution is 1.18. The molecule has 0 aliphatic carbocycles. The zero-order valence-corrected chi connectivity index (χ0v) is 31.7. The van der Waals surface area contributed by atoms with Gasteiger partial charge in [-0.2, -0.15) is 0 Å². The summed E-state index contributed by atoms with van der Waals surface area (Å²) in [5.74, 6) is 0. The van der Waals surface area contributed by atoms with Gasteiger partial charge < -0.3 is 9.13 Å². The summed E-state index contributed by atoms with van der Waals surface area (Å²) in [4.78, 5) is 0. The molecule has 57 heavy (non-hydrogen) atoms. The Balaban J connectivity index is 0.920. The zero-order valence-electron chi connectivity index (χ0n) is 30.9. The third-order valence-corrected chi connectivity index (χ3v) is 12.9. The predicted molar refractivity (Wildman–Crippen MR) is 244 cm³/mol. The second kappa shape index (κ2) is 12.7. The zero-order chi connectivity index (χ0) is 37.5. The van der Waals surface area contributed by atoms with E-state index in [9.17, 15) is 0 Å². The quantitative estimate of drug-likeness (QED) is 0.166. The molecule has 2 nitrogen and oxygen atoms in total. The van der Waals surface area contributed by atoms with Crippen molar-refractivity contribution in [2.24, 2.45) is 0 Å². The molecule has 3 heteroatoms. The molecule has 0 fully saturated rings. The van der Waals surface area contributed by atoms with E-state index in [1.165, 1.54) is 103 Å². The van der Waals surface area contributed by atoms with Gasteiger partial charge in [0, 0.05) is 53.1 Å². The first-order valence-corrected chi connectivity index (χ1v) is 20.3. The average molecular weight is 743 g/mol. The van der Waals surface area contributed by atoms with E-state index in [0.717, 1.165) is 5.69 Å². The summed E-state index contributed by atoms with van der Waals surface area (Å²) in [6, 6.07) is 75.7. The summed E-state index contributed by atoms with van der Waals surface area (Å²) < 4.78 is 7.49. The topological polar surface area (TPSA) is 9.86 Å². The van der Waals surface area contributed by atoms with Crippen molar-refractivity contribution in [3.8, 4) is 44.8 Å². The van der Waals surface area contributed by atoms with Crippen molar-refractivity contribution in [3.63, 3.8) is 0 Å². The highest BCUT2D eigenvalue weighted by Gasteiger charge is 2.16. The lowest BCUT2D eigenvalue weighted by atomic mass is 9.99. The molecule has 0 bridgehead atoms. The van der Waals surface area contributed by atoms with Crippen LogP contribution in [0.2, 0.25) is 0 Å². The van der Waals surface area contributed by atoms with Crippen molar-refractivity contribution in [1.29, 1.82) is 0 Å². The smallest absolute Gasteiger partial charge is 0.0547 e. The Morgan fingerprint density at radius 2 is 0.632 bits per heavy atom. The summed E-state index contributed by atoms with van der Waals surface area (Å²) in [5, 5.41) is 7.71. The van der Waals surface area contributed by atoms with Gasteiger partial charge in [0.1, 0.15) is 0 Å². The van der Waals surface area contributed by atoms with Crippen LogP contribution in [0.15, 0.2) is 206 Å². The number of hydrogen-bond acceptors (Lipinski definition) is 1. The first-order chi connectivity index (χ1) is 28.2. The van der Waals surface area contributed by atoms with Crippen molar-refractivity contribution < 1.29 is 0 Å². The third-order valence-electron chi connectivity index (χ3n) is 11.8. The van der Waals surface area contributed by atoms with Gasteiger partial charge in [-0.25, -0.2) is 0 Å². The van der Waals surface area contributed by atoms with Crippen molar-refractivity contribution in [3.05, 3.63) is 206 Å². The molecular formula is C54H34N2S. The number of benzene rings is 9. The lowest BCUT2D eigenvalue weighted by Gasteiger charge is -2.11. The van der Waals surface area contributed by atoms with Gasteiger partial charge in [0.05, 0.1) is 22.1 Å². The van der Waals surface area contributed by atoms with Crippen LogP contribution in [0.4, 0.5) is 0 Å². The van der Waals surface area contributed by atoms with Crippen LogP contribution in [0.3, 0.4) is 0 Å². The molecule has 9 aromatic carbocycles. The maximum absolute atomic E-state index is 2.42. The standard InChI is InChI=1S/C54H34N2S/c1-2-10-41(11-3-1)55-49-15-7-4-12-43(49)45-29-24-38(32-51(45)55)39-25-30-46-44-13-5-8-16-50(44)56(52(46)33-39)42-27-22-36(23-28-42)35-18-20-37(21-19-35)40-26-31-48-47-14-6-9-17-53(47)57-54(48)34-40/h1-34H. The number of hydrogen-bond donors (Lipinski definition) is 0. The first kappa shape index (κ1) is 32.1. The Bertz CT molecular complexity index is 3490. The van der Waals surface area contributed by atoms with E-state index in [-0.39, 0.29) is 0 Å². The molecule has 0 amide bonds. The van der Waals surface area contributed by atoms with Gasteiger partial charge >= 0.3 is 0 Å². The fraction of sp³-hybridized carbons (Fsp3) is 0. The normalized spacial score (nSPS) is 11.9. The minimum Gasteiger partial charge on any atom is -0.309 e. The van der Waals surface area contributed by atoms with Crippen molar-refractivity contribution in [2.75, 3.05) is 0 Å². The minimum atomic E-state index is 1.15. The first-order valence-electron chi connectivity index (χ1n) is 19.5. The molecule has 0 N–H and O–H groups in total. The largest absolute Gasteiger partial charge is 0.309 e. The van der Waals surface area contributed by atoms with Gasteiger partial charge in [0.25, 0.3) is 0 Å².